The monoisotopic (exact) mass is 289 g/mol. The number of aryl methyl sites for hydroxylation is 1. The number of ether oxygens (including phenoxy) is 1. The predicted molar refractivity (Wildman–Crippen MR) is 80.2 cm³/mol. The van der Waals surface area contributed by atoms with Crippen molar-refractivity contribution in [3.63, 3.8) is 0 Å². The summed E-state index contributed by atoms with van der Waals surface area (Å²) in [5.41, 5.74) is 0.479. The fourth-order valence-corrected chi connectivity index (χ4v) is 2.02. The van der Waals surface area contributed by atoms with Crippen LogP contribution in [-0.4, -0.2) is 36.1 Å². The van der Waals surface area contributed by atoms with Crippen LogP contribution in [0.5, 0.6) is 0 Å². The molecule has 1 aromatic carbocycles. The molecule has 1 amide bonds. The zero-order valence-electron chi connectivity index (χ0n) is 12.0. The van der Waals surface area contributed by atoms with Crippen molar-refractivity contribution >= 4 is 16.8 Å². The lowest BCUT2D eigenvalue weighted by Gasteiger charge is -2.05. The Bertz CT molecular complexity index is 667. The van der Waals surface area contributed by atoms with Gasteiger partial charge < -0.3 is 15.0 Å². The van der Waals surface area contributed by atoms with Crippen LogP contribution in [0, 0.1) is 0 Å². The Hall–Kier alpha value is -2.21. The molecule has 0 bridgehead atoms. The highest BCUT2D eigenvalue weighted by molar-refractivity contribution is 5.77. The number of H-pyrrole nitrogens is 1. The summed E-state index contributed by atoms with van der Waals surface area (Å²) < 4.78 is 4.91. The van der Waals surface area contributed by atoms with Gasteiger partial charge in [0.25, 0.3) is 5.56 Å². The molecule has 1 aromatic heterocycles. The summed E-state index contributed by atoms with van der Waals surface area (Å²) in [5.74, 6) is 0.479. The number of hydrogen-bond donors (Lipinski definition) is 2. The second-order valence-corrected chi connectivity index (χ2v) is 4.73. The van der Waals surface area contributed by atoms with E-state index in [-0.39, 0.29) is 11.5 Å². The van der Waals surface area contributed by atoms with Crippen molar-refractivity contribution in [2.75, 3.05) is 20.3 Å². The number of benzene rings is 1. The third kappa shape index (κ3) is 4.39. The number of hydrogen-bond acceptors (Lipinski definition) is 4. The number of para-hydroxylation sites is 1. The van der Waals surface area contributed by atoms with Crippen molar-refractivity contribution in [1.82, 2.24) is 15.3 Å². The van der Waals surface area contributed by atoms with E-state index in [2.05, 4.69) is 15.3 Å². The number of rotatable bonds is 7. The minimum atomic E-state index is -0.170. The van der Waals surface area contributed by atoms with Crippen molar-refractivity contribution in [2.45, 2.75) is 19.3 Å². The van der Waals surface area contributed by atoms with E-state index in [0.717, 1.165) is 6.42 Å². The van der Waals surface area contributed by atoms with E-state index < -0.39 is 0 Å². The van der Waals surface area contributed by atoms with Gasteiger partial charge in [0.05, 0.1) is 10.9 Å². The van der Waals surface area contributed by atoms with Crippen molar-refractivity contribution < 1.29 is 9.53 Å². The molecule has 0 aliphatic carbocycles. The number of carbonyl (C=O) groups is 1. The number of nitrogens with one attached hydrogen (secondary N) is 2. The van der Waals surface area contributed by atoms with E-state index in [1.807, 2.05) is 6.07 Å². The lowest BCUT2D eigenvalue weighted by molar-refractivity contribution is -0.121. The van der Waals surface area contributed by atoms with E-state index in [1.54, 1.807) is 25.3 Å². The Morgan fingerprint density at radius 1 is 1.38 bits per heavy atom. The largest absolute Gasteiger partial charge is 0.385 e. The van der Waals surface area contributed by atoms with Gasteiger partial charge >= 0.3 is 0 Å². The van der Waals surface area contributed by atoms with Gasteiger partial charge in [0.1, 0.15) is 5.82 Å². The first-order chi connectivity index (χ1) is 10.2. The zero-order valence-corrected chi connectivity index (χ0v) is 12.0. The zero-order chi connectivity index (χ0) is 15.1. The first-order valence-corrected chi connectivity index (χ1v) is 6.94. The maximum absolute atomic E-state index is 11.9. The van der Waals surface area contributed by atoms with Gasteiger partial charge in [-0.3, -0.25) is 9.59 Å². The molecule has 0 unspecified atom stereocenters. The molecule has 0 saturated heterocycles. The quantitative estimate of drug-likeness (QED) is 0.745. The number of methoxy groups -OCH3 is 1. The molecule has 2 rings (SSSR count). The molecule has 0 saturated carbocycles. The van der Waals surface area contributed by atoms with Crippen LogP contribution in [0.15, 0.2) is 29.1 Å². The Balaban J connectivity index is 1.91. The van der Waals surface area contributed by atoms with Crippen LogP contribution in [0.25, 0.3) is 10.9 Å². The van der Waals surface area contributed by atoms with Crippen LogP contribution in [0.3, 0.4) is 0 Å². The van der Waals surface area contributed by atoms with E-state index in [4.69, 9.17) is 4.74 Å². The molecule has 0 fully saturated rings. The summed E-state index contributed by atoms with van der Waals surface area (Å²) in [7, 11) is 1.63. The van der Waals surface area contributed by atoms with Crippen molar-refractivity contribution in [3.05, 3.63) is 40.4 Å². The van der Waals surface area contributed by atoms with Crippen molar-refractivity contribution in [3.8, 4) is 0 Å². The summed E-state index contributed by atoms with van der Waals surface area (Å²) in [5, 5.41) is 3.36. The van der Waals surface area contributed by atoms with Crippen LogP contribution in [0.4, 0.5) is 0 Å². The molecule has 0 aliphatic heterocycles. The van der Waals surface area contributed by atoms with E-state index in [9.17, 15) is 9.59 Å². The molecule has 0 aliphatic rings. The molecule has 0 atom stereocenters. The van der Waals surface area contributed by atoms with Gasteiger partial charge in [-0.05, 0) is 18.6 Å². The molecule has 112 valence electrons. The smallest absolute Gasteiger partial charge is 0.258 e. The van der Waals surface area contributed by atoms with E-state index in [1.165, 1.54) is 0 Å². The number of nitrogens with zero attached hydrogens (tertiary/aromatic N) is 1. The molecule has 6 heteroatoms. The molecule has 1 heterocycles. The van der Waals surface area contributed by atoms with Crippen LogP contribution >= 0.6 is 0 Å². The maximum atomic E-state index is 11.9. The lowest BCUT2D eigenvalue weighted by atomic mass is 10.2. The average molecular weight is 289 g/mol. The van der Waals surface area contributed by atoms with E-state index in [0.29, 0.717) is 42.7 Å². The second-order valence-electron chi connectivity index (χ2n) is 4.73. The predicted octanol–water partition coefficient (Wildman–Crippen LogP) is 1.01. The van der Waals surface area contributed by atoms with E-state index >= 15 is 0 Å². The van der Waals surface area contributed by atoms with Gasteiger partial charge in [-0.1, -0.05) is 12.1 Å². The molecule has 0 spiro atoms. The highest BCUT2D eigenvalue weighted by Gasteiger charge is 2.06. The Morgan fingerprint density at radius 2 is 2.19 bits per heavy atom. The minimum absolute atomic E-state index is 0.0538. The standard InChI is InChI=1S/C15H19N3O3/c1-21-10-4-9-16-14(19)8-7-13-17-12-6-3-2-5-11(12)15(20)18-13/h2-3,5-6H,4,7-10H2,1H3,(H,16,19)(H,17,18,20). The maximum Gasteiger partial charge on any atom is 0.258 e. The van der Waals surface area contributed by atoms with Gasteiger partial charge in [-0.2, -0.15) is 0 Å². The van der Waals surface area contributed by atoms with Crippen molar-refractivity contribution in [1.29, 1.82) is 0 Å². The number of fused-ring (bicyclic) bond motifs is 1. The first kappa shape index (κ1) is 15.2. The van der Waals surface area contributed by atoms with Gasteiger partial charge in [-0.15, -0.1) is 0 Å². The number of amides is 1. The first-order valence-electron chi connectivity index (χ1n) is 6.94. The molecular weight excluding hydrogens is 270 g/mol. The van der Waals surface area contributed by atoms with Crippen molar-refractivity contribution in [2.24, 2.45) is 0 Å². The summed E-state index contributed by atoms with van der Waals surface area (Å²) in [6.07, 6.45) is 1.50. The van der Waals surface area contributed by atoms with Gasteiger partial charge in [0.2, 0.25) is 5.91 Å². The Morgan fingerprint density at radius 3 is 3.00 bits per heavy atom. The third-order valence-corrected chi connectivity index (χ3v) is 3.10. The summed E-state index contributed by atoms with van der Waals surface area (Å²) in [6.45, 7) is 1.22. The lowest BCUT2D eigenvalue weighted by Crippen LogP contribution is -2.26. The number of aromatic amines is 1. The fourth-order valence-electron chi connectivity index (χ4n) is 2.02. The van der Waals surface area contributed by atoms with Crippen LogP contribution in [0.1, 0.15) is 18.7 Å². The number of aromatic nitrogens is 2. The summed E-state index contributed by atoms with van der Waals surface area (Å²) in [4.78, 5) is 30.6. The average Bonchev–Trinajstić information content (AvgIpc) is 2.50. The van der Waals surface area contributed by atoms with Crippen LogP contribution < -0.4 is 10.9 Å². The van der Waals surface area contributed by atoms with Crippen LogP contribution in [-0.2, 0) is 16.0 Å². The highest BCUT2D eigenvalue weighted by atomic mass is 16.5. The molecule has 2 N–H and O–H groups in total. The topological polar surface area (TPSA) is 84.1 Å². The van der Waals surface area contributed by atoms with Crippen LogP contribution in [0.2, 0.25) is 0 Å². The normalized spacial score (nSPS) is 10.7. The molecule has 0 radical (unpaired) electrons. The second kappa shape index (κ2) is 7.54. The summed E-state index contributed by atoms with van der Waals surface area (Å²) in [6, 6.07) is 7.15. The summed E-state index contributed by atoms with van der Waals surface area (Å²) >= 11 is 0. The SMILES string of the molecule is COCCCNC(=O)CCc1nc2ccccc2c(=O)[nH]1. The number of carbonyl (C=O) groups excluding carboxylic acids is 1. The minimum Gasteiger partial charge on any atom is -0.385 e. The van der Waals surface area contributed by atoms with Gasteiger partial charge in [0, 0.05) is 33.1 Å². The fraction of sp³-hybridized carbons (Fsp3) is 0.400. The Kier molecular flexibility index (Phi) is 5.45. The highest BCUT2D eigenvalue weighted by Crippen LogP contribution is 2.06. The molecule has 21 heavy (non-hydrogen) atoms. The third-order valence-electron chi connectivity index (χ3n) is 3.10. The van der Waals surface area contributed by atoms with Gasteiger partial charge in [0.15, 0.2) is 0 Å². The molecule has 2 aromatic rings. The molecular formula is C15H19N3O3. The van der Waals surface area contributed by atoms with Gasteiger partial charge in [-0.25, -0.2) is 4.98 Å². The molecule has 6 nitrogen and oxygen atoms in total. The Labute approximate surface area is 122 Å².